The van der Waals surface area contributed by atoms with Gasteiger partial charge in [-0.25, -0.2) is 0 Å². The first-order chi connectivity index (χ1) is 13.7. The first kappa shape index (κ1) is 20.9. The molecule has 1 N–H and O–H groups in total. The number of benzene rings is 2. The molecule has 0 bridgehead atoms. The van der Waals surface area contributed by atoms with Crippen LogP contribution in [0.4, 0.5) is 11.4 Å². The van der Waals surface area contributed by atoms with Crippen molar-refractivity contribution in [2.24, 2.45) is 5.92 Å². The number of anilines is 2. The average molecular weight is 415 g/mol. The van der Waals surface area contributed by atoms with Crippen LogP contribution in [-0.4, -0.2) is 30.9 Å². The fraction of sp³-hybridized carbons (Fsp3) is 0.318. The molecular formula is C22H23ClN2O4. The molecule has 2 aromatic rings. The van der Waals surface area contributed by atoms with Gasteiger partial charge in [-0.1, -0.05) is 23.7 Å². The Morgan fingerprint density at radius 3 is 2.52 bits per heavy atom. The minimum atomic E-state index is -0.593. The van der Waals surface area contributed by atoms with Crippen molar-refractivity contribution >= 4 is 40.8 Å². The van der Waals surface area contributed by atoms with E-state index in [2.05, 4.69) is 5.32 Å². The highest BCUT2D eigenvalue weighted by molar-refractivity contribution is 6.31. The summed E-state index contributed by atoms with van der Waals surface area (Å²) in [5, 5.41) is 3.17. The predicted octanol–water partition coefficient (Wildman–Crippen LogP) is 3.80. The molecule has 1 aliphatic heterocycles. The average Bonchev–Trinajstić information content (AvgIpc) is 3.04. The molecule has 6 nitrogen and oxygen atoms in total. The number of esters is 1. The second kappa shape index (κ2) is 8.66. The van der Waals surface area contributed by atoms with Gasteiger partial charge in [0.25, 0.3) is 5.91 Å². The van der Waals surface area contributed by atoms with Crippen LogP contribution in [-0.2, 0) is 19.1 Å². The van der Waals surface area contributed by atoms with E-state index in [9.17, 15) is 14.4 Å². The summed E-state index contributed by atoms with van der Waals surface area (Å²) in [6.45, 7) is 5.59. The van der Waals surface area contributed by atoms with Gasteiger partial charge in [0, 0.05) is 29.4 Å². The summed E-state index contributed by atoms with van der Waals surface area (Å²) in [6, 6.07) is 11.0. The van der Waals surface area contributed by atoms with E-state index in [1.54, 1.807) is 23.1 Å². The lowest BCUT2D eigenvalue weighted by Crippen LogP contribution is -2.28. The van der Waals surface area contributed by atoms with Gasteiger partial charge in [0.2, 0.25) is 5.91 Å². The van der Waals surface area contributed by atoms with Crippen LogP contribution in [0.3, 0.4) is 0 Å². The van der Waals surface area contributed by atoms with Gasteiger partial charge in [0.15, 0.2) is 6.61 Å². The second-order valence-electron chi connectivity index (χ2n) is 7.37. The van der Waals surface area contributed by atoms with E-state index in [-0.39, 0.29) is 18.9 Å². The zero-order chi connectivity index (χ0) is 21.1. The number of amides is 2. The van der Waals surface area contributed by atoms with Crippen molar-refractivity contribution in [1.82, 2.24) is 0 Å². The molecule has 0 unspecified atom stereocenters. The normalized spacial score (nSPS) is 16.1. The highest BCUT2D eigenvalue weighted by Crippen LogP contribution is 2.27. The van der Waals surface area contributed by atoms with Crippen molar-refractivity contribution in [3.8, 4) is 0 Å². The molecule has 29 heavy (non-hydrogen) atoms. The summed E-state index contributed by atoms with van der Waals surface area (Å²) >= 11 is 5.94. The first-order valence-electron chi connectivity index (χ1n) is 9.34. The van der Waals surface area contributed by atoms with Crippen molar-refractivity contribution in [1.29, 1.82) is 0 Å². The lowest BCUT2D eigenvalue weighted by atomic mass is 10.1. The molecular weight excluding hydrogens is 392 g/mol. The third-order valence-corrected chi connectivity index (χ3v) is 5.03. The van der Waals surface area contributed by atoms with E-state index < -0.39 is 24.4 Å². The molecule has 7 heteroatoms. The molecule has 1 heterocycles. The molecule has 0 spiro atoms. The maximum absolute atomic E-state index is 12.4. The zero-order valence-corrected chi connectivity index (χ0v) is 17.4. The van der Waals surface area contributed by atoms with Gasteiger partial charge in [-0.15, -0.1) is 0 Å². The minimum Gasteiger partial charge on any atom is -0.455 e. The Hall–Kier alpha value is -2.86. The topological polar surface area (TPSA) is 75.7 Å². The van der Waals surface area contributed by atoms with Crippen LogP contribution in [0.25, 0.3) is 0 Å². The van der Waals surface area contributed by atoms with Crippen LogP contribution in [0, 0.1) is 26.7 Å². The monoisotopic (exact) mass is 414 g/mol. The van der Waals surface area contributed by atoms with Gasteiger partial charge in [-0.3, -0.25) is 14.4 Å². The summed E-state index contributed by atoms with van der Waals surface area (Å²) in [4.78, 5) is 38.5. The molecule has 1 fully saturated rings. The molecule has 1 aliphatic rings. The molecule has 0 saturated carbocycles. The Morgan fingerprint density at radius 1 is 1.14 bits per heavy atom. The molecule has 1 saturated heterocycles. The standard InChI is InChI=1S/C22H23ClN2O4/c1-13-6-14(2)8-18(7-13)25-11-16(9-21(25)27)22(28)29-12-20(26)24-19-10-17(23)5-4-15(19)3/h4-8,10,16H,9,11-12H2,1-3H3,(H,24,26)/t16-/m0/s1. The summed E-state index contributed by atoms with van der Waals surface area (Å²) in [6.07, 6.45) is 0.0703. The minimum absolute atomic E-state index is 0.0703. The van der Waals surface area contributed by atoms with Crippen molar-refractivity contribution < 1.29 is 19.1 Å². The quantitative estimate of drug-likeness (QED) is 0.755. The number of ether oxygens (including phenoxy) is 1. The van der Waals surface area contributed by atoms with Gasteiger partial charge in [0.1, 0.15) is 0 Å². The molecule has 0 aromatic heterocycles. The molecule has 1 atom stereocenters. The number of hydrogen-bond acceptors (Lipinski definition) is 4. The molecule has 0 radical (unpaired) electrons. The Kier molecular flexibility index (Phi) is 6.23. The van der Waals surface area contributed by atoms with Gasteiger partial charge < -0.3 is 15.0 Å². The van der Waals surface area contributed by atoms with Crippen molar-refractivity contribution in [2.75, 3.05) is 23.4 Å². The van der Waals surface area contributed by atoms with E-state index in [4.69, 9.17) is 16.3 Å². The van der Waals surface area contributed by atoms with E-state index in [0.29, 0.717) is 10.7 Å². The van der Waals surface area contributed by atoms with Gasteiger partial charge in [-0.05, 0) is 61.7 Å². The fourth-order valence-electron chi connectivity index (χ4n) is 3.39. The lowest BCUT2D eigenvalue weighted by Gasteiger charge is -2.18. The maximum Gasteiger partial charge on any atom is 0.311 e. The second-order valence-corrected chi connectivity index (χ2v) is 7.80. The van der Waals surface area contributed by atoms with Crippen LogP contribution >= 0.6 is 11.6 Å². The number of carbonyl (C=O) groups excluding carboxylic acids is 3. The van der Waals surface area contributed by atoms with Gasteiger partial charge in [0.05, 0.1) is 5.92 Å². The SMILES string of the molecule is Cc1cc(C)cc(N2C[C@@H](C(=O)OCC(=O)Nc3cc(Cl)ccc3C)CC2=O)c1. The van der Waals surface area contributed by atoms with E-state index in [0.717, 1.165) is 22.4 Å². The first-order valence-corrected chi connectivity index (χ1v) is 9.72. The van der Waals surface area contributed by atoms with Crippen molar-refractivity contribution in [3.63, 3.8) is 0 Å². The van der Waals surface area contributed by atoms with E-state index in [1.165, 1.54) is 0 Å². The highest BCUT2D eigenvalue weighted by Gasteiger charge is 2.36. The summed E-state index contributed by atoms with van der Waals surface area (Å²) in [7, 11) is 0. The lowest BCUT2D eigenvalue weighted by molar-refractivity contribution is -0.151. The zero-order valence-electron chi connectivity index (χ0n) is 16.6. The van der Waals surface area contributed by atoms with Crippen LogP contribution in [0.15, 0.2) is 36.4 Å². The fourth-order valence-corrected chi connectivity index (χ4v) is 3.56. The molecule has 152 valence electrons. The van der Waals surface area contributed by atoms with Crippen LogP contribution in [0.2, 0.25) is 5.02 Å². The summed E-state index contributed by atoms with van der Waals surface area (Å²) < 4.78 is 5.15. The Labute approximate surface area is 174 Å². The summed E-state index contributed by atoms with van der Waals surface area (Å²) in [5.41, 5.74) is 4.28. The largest absolute Gasteiger partial charge is 0.455 e. The third kappa shape index (κ3) is 5.15. The van der Waals surface area contributed by atoms with Gasteiger partial charge in [-0.2, -0.15) is 0 Å². The van der Waals surface area contributed by atoms with Crippen LogP contribution < -0.4 is 10.2 Å². The molecule has 3 rings (SSSR count). The Balaban J connectivity index is 1.56. The molecule has 2 aromatic carbocycles. The van der Waals surface area contributed by atoms with E-state index in [1.807, 2.05) is 39.0 Å². The summed E-state index contributed by atoms with van der Waals surface area (Å²) in [5.74, 6) is -1.73. The number of halogens is 1. The van der Waals surface area contributed by atoms with E-state index >= 15 is 0 Å². The Bertz CT molecular complexity index is 953. The third-order valence-electron chi connectivity index (χ3n) is 4.80. The van der Waals surface area contributed by atoms with Crippen molar-refractivity contribution in [3.05, 3.63) is 58.1 Å². The number of nitrogens with zero attached hydrogens (tertiary/aromatic N) is 1. The molecule has 2 amide bonds. The smallest absolute Gasteiger partial charge is 0.311 e. The Morgan fingerprint density at radius 2 is 1.83 bits per heavy atom. The number of hydrogen-bond donors (Lipinski definition) is 1. The molecule has 0 aliphatic carbocycles. The van der Waals surface area contributed by atoms with Crippen LogP contribution in [0.1, 0.15) is 23.1 Å². The van der Waals surface area contributed by atoms with Crippen molar-refractivity contribution in [2.45, 2.75) is 27.2 Å². The number of rotatable bonds is 5. The van der Waals surface area contributed by atoms with Crippen LogP contribution in [0.5, 0.6) is 0 Å². The highest BCUT2D eigenvalue weighted by atomic mass is 35.5. The number of aryl methyl sites for hydroxylation is 3. The predicted molar refractivity (Wildman–Crippen MR) is 112 cm³/mol. The maximum atomic E-state index is 12.4. The number of nitrogens with one attached hydrogen (secondary N) is 1. The number of carbonyl (C=O) groups is 3. The van der Waals surface area contributed by atoms with Gasteiger partial charge >= 0.3 is 5.97 Å².